The van der Waals surface area contributed by atoms with Crippen molar-refractivity contribution in [2.45, 2.75) is 0 Å². The lowest BCUT2D eigenvalue weighted by Gasteiger charge is -2.04. The maximum absolute atomic E-state index is 13.9. The lowest BCUT2D eigenvalue weighted by molar-refractivity contribution is 0.0951. The number of aromatic nitrogens is 2. The summed E-state index contributed by atoms with van der Waals surface area (Å²) in [7, 11) is 1.31. The highest BCUT2D eigenvalue weighted by Gasteiger charge is 2.13. The van der Waals surface area contributed by atoms with Gasteiger partial charge in [0.2, 0.25) is 0 Å². The molecule has 0 spiro atoms. The van der Waals surface area contributed by atoms with Gasteiger partial charge in [0.1, 0.15) is 6.67 Å². The van der Waals surface area contributed by atoms with Gasteiger partial charge < -0.3 is 15.2 Å². The number of benzene rings is 2. The molecule has 2 heterocycles. The first-order valence-electron chi connectivity index (χ1n) is 9.46. The van der Waals surface area contributed by atoms with E-state index in [2.05, 4.69) is 10.3 Å². The molecule has 0 unspecified atom stereocenters. The van der Waals surface area contributed by atoms with Crippen LogP contribution in [-0.2, 0) is 0 Å². The van der Waals surface area contributed by atoms with Crippen LogP contribution < -0.4 is 20.1 Å². The average molecular weight is 457 g/mol. The van der Waals surface area contributed by atoms with Crippen molar-refractivity contribution < 1.29 is 23.4 Å². The number of alkyl halides is 1. The quantitative estimate of drug-likeness (QED) is 0.464. The van der Waals surface area contributed by atoms with Crippen LogP contribution in [0.2, 0.25) is 0 Å². The molecule has 32 heavy (non-hydrogen) atoms. The van der Waals surface area contributed by atoms with E-state index in [1.807, 2.05) is 0 Å². The molecule has 0 fully saturated rings. The van der Waals surface area contributed by atoms with E-state index in [0.29, 0.717) is 31.9 Å². The molecule has 0 saturated carbocycles. The third-order valence-electron chi connectivity index (χ3n) is 4.70. The van der Waals surface area contributed by atoms with Gasteiger partial charge in [-0.05, 0) is 35.9 Å². The number of halogens is 2. The van der Waals surface area contributed by atoms with Gasteiger partial charge in [-0.25, -0.2) is 13.8 Å². The molecule has 2 N–H and O–H groups in total. The average Bonchev–Trinajstić information content (AvgIpc) is 3.34. The Morgan fingerprint density at radius 2 is 2.06 bits per heavy atom. The molecule has 2 aromatic carbocycles. The summed E-state index contributed by atoms with van der Waals surface area (Å²) in [6.45, 7) is -0.686. The maximum Gasteiger partial charge on any atom is 0.274 e. The van der Waals surface area contributed by atoms with Crippen molar-refractivity contribution in [2.24, 2.45) is 0 Å². The van der Waals surface area contributed by atoms with Crippen molar-refractivity contribution >= 4 is 28.3 Å². The highest BCUT2D eigenvalue weighted by Crippen LogP contribution is 2.30. The van der Waals surface area contributed by atoms with Crippen molar-refractivity contribution in [1.82, 2.24) is 14.7 Å². The largest absolute Gasteiger partial charge is 0.502 e. The number of phenolic OH excluding ortho intramolecular Hbond substituents is 1. The molecule has 0 aliphatic rings. The number of amides is 1. The van der Waals surface area contributed by atoms with Crippen molar-refractivity contribution in [3.8, 4) is 22.8 Å². The molecule has 0 saturated heterocycles. The van der Waals surface area contributed by atoms with Gasteiger partial charge in [0.05, 0.1) is 17.3 Å². The number of fused-ring (bicyclic) bond motifs is 1. The molecule has 0 atom stereocenters. The van der Waals surface area contributed by atoms with E-state index < -0.39 is 18.2 Å². The van der Waals surface area contributed by atoms with Crippen molar-refractivity contribution in [3.63, 3.8) is 0 Å². The number of nitrogens with one attached hydrogen (secondary N) is 1. The highest BCUT2D eigenvalue weighted by atomic mass is 32.1. The normalized spacial score (nSPS) is 11.8. The monoisotopic (exact) mass is 457 g/mol. The van der Waals surface area contributed by atoms with Crippen molar-refractivity contribution in [3.05, 3.63) is 74.4 Å². The minimum atomic E-state index is -0.853. The predicted octanol–water partition coefficient (Wildman–Crippen LogP) is 2.52. The number of carbonyl (C=O) groups excluding carboxylic acids is 1. The fraction of sp³-hybridized carbons (Fsp3) is 0.136. The summed E-state index contributed by atoms with van der Waals surface area (Å²) in [5, 5.41) is 12.1. The molecule has 4 aromatic rings. The molecule has 0 aliphatic heterocycles. The van der Waals surface area contributed by atoms with Gasteiger partial charge >= 0.3 is 0 Å². The van der Waals surface area contributed by atoms with Crippen LogP contribution in [0.15, 0.2) is 47.4 Å². The van der Waals surface area contributed by atoms with E-state index in [-0.39, 0.29) is 23.8 Å². The third-order valence-corrected chi connectivity index (χ3v) is 5.68. The van der Waals surface area contributed by atoms with E-state index in [1.54, 1.807) is 30.5 Å². The zero-order valence-corrected chi connectivity index (χ0v) is 17.6. The Balaban J connectivity index is 1.65. The summed E-state index contributed by atoms with van der Waals surface area (Å²) in [6, 6.07) is 9.12. The second-order valence-electron chi connectivity index (χ2n) is 6.77. The summed E-state index contributed by atoms with van der Waals surface area (Å²) in [4.78, 5) is 29.6. The fourth-order valence-electron chi connectivity index (χ4n) is 3.11. The van der Waals surface area contributed by atoms with Gasteiger partial charge in [0.15, 0.2) is 22.3 Å². The molecule has 7 nitrogen and oxygen atoms in total. The second kappa shape index (κ2) is 8.75. The number of carbonyl (C=O) groups is 1. The summed E-state index contributed by atoms with van der Waals surface area (Å²) in [5.41, 5.74) is 1.69. The summed E-state index contributed by atoms with van der Waals surface area (Å²) in [5.74, 6) is -1.85. The lowest BCUT2D eigenvalue weighted by atomic mass is 10.1. The molecular formula is C22H17F2N3O4S. The Kier molecular flexibility index (Phi) is 5.87. The SMILES string of the molecule is COc1cc(C=c2sc3nc(-c4ccc(C(=O)NCCF)cc4)cn3c2=O)cc(F)c1O. The molecule has 0 radical (unpaired) electrons. The smallest absolute Gasteiger partial charge is 0.274 e. The molecular weight excluding hydrogens is 440 g/mol. The third kappa shape index (κ3) is 4.04. The number of methoxy groups -OCH3 is 1. The van der Waals surface area contributed by atoms with Crippen LogP contribution in [0.5, 0.6) is 11.5 Å². The summed E-state index contributed by atoms with van der Waals surface area (Å²) >= 11 is 1.13. The van der Waals surface area contributed by atoms with Gasteiger partial charge in [0.25, 0.3) is 11.5 Å². The molecule has 2 aromatic heterocycles. The Morgan fingerprint density at radius 1 is 1.31 bits per heavy atom. The number of rotatable bonds is 6. The van der Waals surface area contributed by atoms with E-state index in [0.717, 1.165) is 17.4 Å². The van der Waals surface area contributed by atoms with E-state index in [1.165, 1.54) is 23.7 Å². The van der Waals surface area contributed by atoms with E-state index in [4.69, 9.17) is 4.74 Å². The first-order chi connectivity index (χ1) is 15.4. The molecule has 0 bridgehead atoms. The zero-order valence-electron chi connectivity index (χ0n) is 16.8. The van der Waals surface area contributed by atoms with Crippen LogP contribution in [0.25, 0.3) is 22.3 Å². The molecule has 0 aliphatic carbocycles. The first-order valence-corrected chi connectivity index (χ1v) is 10.3. The topological polar surface area (TPSA) is 92.9 Å². The maximum atomic E-state index is 13.9. The van der Waals surface area contributed by atoms with Crippen LogP contribution >= 0.6 is 11.3 Å². The fourth-order valence-corrected chi connectivity index (χ4v) is 4.07. The van der Waals surface area contributed by atoms with Crippen LogP contribution in [0, 0.1) is 5.82 Å². The number of nitrogens with zero attached hydrogens (tertiary/aromatic N) is 2. The standard InChI is InChI=1S/C22H17F2N3O4S/c1-31-17-9-12(8-15(24)19(17)28)10-18-21(30)27-11-16(26-22(27)32-18)13-2-4-14(5-3-13)20(29)25-7-6-23/h2-5,8-11,28H,6-7H2,1H3,(H,25,29). The highest BCUT2D eigenvalue weighted by molar-refractivity contribution is 7.15. The number of aromatic hydroxyl groups is 1. The van der Waals surface area contributed by atoms with Crippen LogP contribution in [0.3, 0.4) is 0 Å². The minimum absolute atomic E-state index is 0.0332. The first kappa shape index (κ1) is 21.4. The van der Waals surface area contributed by atoms with Crippen LogP contribution in [0.1, 0.15) is 15.9 Å². The second-order valence-corrected chi connectivity index (χ2v) is 7.78. The van der Waals surface area contributed by atoms with Crippen LogP contribution in [-0.4, -0.2) is 40.7 Å². The van der Waals surface area contributed by atoms with E-state index in [9.17, 15) is 23.5 Å². The molecule has 10 heteroatoms. The number of hydrogen-bond acceptors (Lipinski definition) is 6. The Labute approximate surface area is 184 Å². The van der Waals surface area contributed by atoms with Gasteiger partial charge in [-0.15, -0.1) is 0 Å². The van der Waals surface area contributed by atoms with Gasteiger partial charge in [-0.1, -0.05) is 23.5 Å². The summed E-state index contributed by atoms with van der Waals surface area (Å²) in [6.07, 6.45) is 3.08. The molecule has 1 amide bonds. The lowest BCUT2D eigenvalue weighted by Crippen LogP contribution is -2.25. The number of hydrogen-bond donors (Lipinski definition) is 2. The number of imidazole rings is 1. The van der Waals surface area contributed by atoms with Crippen molar-refractivity contribution in [1.29, 1.82) is 0 Å². The Hall–Kier alpha value is -3.79. The number of phenols is 1. The Bertz CT molecular complexity index is 1410. The van der Waals surface area contributed by atoms with Crippen molar-refractivity contribution in [2.75, 3.05) is 20.3 Å². The molecule has 4 rings (SSSR count). The van der Waals surface area contributed by atoms with E-state index >= 15 is 0 Å². The molecule has 164 valence electrons. The van der Waals surface area contributed by atoms with Crippen LogP contribution in [0.4, 0.5) is 8.78 Å². The Morgan fingerprint density at radius 3 is 2.72 bits per heavy atom. The predicted molar refractivity (Wildman–Crippen MR) is 116 cm³/mol. The van der Waals surface area contributed by atoms with Gasteiger partial charge in [-0.2, -0.15) is 0 Å². The zero-order chi connectivity index (χ0) is 22.8. The minimum Gasteiger partial charge on any atom is -0.502 e. The van der Waals surface area contributed by atoms with Gasteiger partial charge in [-0.3, -0.25) is 14.0 Å². The summed E-state index contributed by atoms with van der Waals surface area (Å²) < 4.78 is 32.7. The number of ether oxygens (including phenoxy) is 1. The number of thiazole rings is 1. The van der Waals surface area contributed by atoms with Gasteiger partial charge in [0, 0.05) is 23.9 Å².